The van der Waals surface area contributed by atoms with Gasteiger partial charge in [0.15, 0.2) is 0 Å². The van der Waals surface area contributed by atoms with Crippen LogP contribution in [0, 0.1) is 0 Å². The number of likely N-dealkylation sites (tertiary alicyclic amines) is 1. The number of hydrogen-bond acceptors (Lipinski definition) is 1. The molecule has 1 aliphatic heterocycles. The maximum absolute atomic E-state index is 11.0. The zero-order valence-corrected chi connectivity index (χ0v) is 5.97. The molecular formula is C7H14NO. The molecule has 2 heteroatoms. The van der Waals surface area contributed by atoms with E-state index in [1.165, 1.54) is 12.8 Å². The molecule has 0 amide bonds. The van der Waals surface area contributed by atoms with E-state index in [9.17, 15) is 5.11 Å². The normalized spacial score (nSPS) is 24.7. The minimum Gasteiger partial charge on any atom is -0.276 e. The predicted octanol–water partition coefficient (Wildman–Crippen LogP) is 1.25. The largest absolute Gasteiger partial charge is 0.276 e. The topological polar surface area (TPSA) is 23.1 Å². The lowest BCUT2D eigenvalue weighted by molar-refractivity contribution is -0.0378. The summed E-state index contributed by atoms with van der Waals surface area (Å²) >= 11 is 0. The molecule has 9 heavy (non-hydrogen) atoms. The van der Waals surface area contributed by atoms with Crippen LogP contribution in [0.25, 0.3) is 0 Å². The van der Waals surface area contributed by atoms with Crippen molar-refractivity contribution in [3.05, 3.63) is 0 Å². The van der Waals surface area contributed by atoms with Crippen molar-refractivity contribution < 1.29 is 5.11 Å². The van der Waals surface area contributed by atoms with Crippen molar-refractivity contribution in [3.63, 3.8) is 0 Å². The first-order valence-corrected chi connectivity index (χ1v) is 3.74. The molecule has 1 fully saturated rings. The highest BCUT2D eigenvalue weighted by Gasteiger charge is 2.18. The van der Waals surface area contributed by atoms with Gasteiger partial charge in [-0.2, -0.15) is 0 Å². The molecule has 2 nitrogen and oxygen atoms in total. The van der Waals surface area contributed by atoms with E-state index in [4.69, 9.17) is 0 Å². The molecule has 0 aromatic carbocycles. The van der Waals surface area contributed by atoms with Crippen molar-refractivity contribution in [2.75, 3.05) is 13.1 Å². The second-order valence-corrected chi connectivity index (χ2v) is 2.61. The van der Waals surface area contributed by atoms with Crippen LogP contribution < -0.4 is 0 Å². The van der Waals surface area contributed by atoms with Gasteiger partial charge >= 0.3 is 0 Å². The second-order valence-electron chi connectivity index (χ2n) is 2.61. The average Bonchev–Trinajstić information content (AvgIpc) is 2.37. The van der Waals surface area contributed by atoms with E-state index in [0.29, 0.717) is 0 Å². The van der Waals surface area contributed by atoms with Crippen LogP contribution in [0.15, 0.2) is 0 Å². The minimum absolute atomic E-state index is 0.424. The Bertz CT molecular complexity index is 79.0. The Morgan fingerprint density at radius 1 is 1.44 bits per heavy atom. The minimum atomic E-state index is -0.424. The average molecular weight is 128 g/mol. The van der Waals surface area contributed by atoms with E-state index in [-0.39, 0.29) is 0 Å². The van der Waals surface area contributed by atoms with Crippen molar-refractivity contribution in [1.29, 1.82) is 0 Å². The Morgan fingerprint density at radius 2 is 2.00 bits per heavy atom. The van der Waals surface area contributed by atoms with Crippen LogP contribution in [0.3, 0.4) is 0 Å². The Hall–Kier alpha value is -0.0800. The first-order chi connectivity index (χ1) is 4.34. The molecule has 0 spiro atoms. The summed E-state index contributed by atoms with van der Waals surface area (Å²) in [6, 6.07) is 0. The molecule has 1 aliphatic rings. The lowest BCUT2D eigenvalue weighted by atomic mass is 10.4. The molecular weight excluding hydrogens is 114 g/mol. The van der Waals surface area contributed by atoms with Crippen LogP contribution in [-0.2, 0) is 5.11 Å². The highest BCUT2D eigenvalue weighted by molar-refractivity contribution is 4.67. The van der Waals surface area contributed by atoms with Crippen LogP contribution >= 0.6 is 0 Å². The third kappa shape index (κ3) is 1.66. The van der Waals surface area contributed by atoms with Crippen molar-refractivity contribution in [3.8, 4) is 0 Å². The summed E-state index contributed by atoms with van der Waals surface area (Å²) in [4.78, 5) is 2.03. The molecule has 1 radical (unpaired) electrons. The van der Waals surface area contributed by atoms with Gasteiger partial charge in [-0.3, -0.25) is 4.90 Å². The number of nitrogens with zero attached hydrogens (tertiary/aromatic N) is 1. The first-order valence-electron chi connectivity index (χ1n) is 3.74. The summed E-state index contributed by atoms with van der Waals surface area (Å²) in [6.45, 7) is 4.01. The highest BCUT2D eigenvalue weighted by atomic mass is 16.3. The highest BCUT2D eigenvalue weighted by Crippen LogP contribution is 2.11. The van der Waals surface area contributed by atoms with Crippen LogP contribution in [0.5, 0.6) is 0 Å². The summed E-state index contributed by atoms with van der Waals surface area (Å²) in [7, 11) is 0. The molecule has 0 aromatic rings. The van der Waals surface area contributed by atoms with E-state index >= 15 is 0 Å². The van der Waals surface area contributed by atoms with Crippen LogP contribution in [0.1, 0.15) is 26.2 Å². The molecule has 53 valence electrons. The van der Waals surface area contributed by atoms with Crippen molar-refractivity contribution in [1.82, 2.24) is 4.90 Å². The molecule has 0 saturated carbocycles. The molecule has 1 saturated heterocycles. The van der Waals surface area contributed by atoms with E-state index in [0.717, 1.165) is 19.5 Å². The van der Waals surface area contributed by atoms with Crippen LogP contribution in [0.2, 0.25) is 0 Å². The van der Waals surface area contributed by atoms with Crippen molar-refractivity contribution >= 4 is 0 Å². The quantitative estimate of drug-likeness (QED) is 0.549. The van der Waals surface area contributed by atoms with Crippen molar-refractivity contribution in [2.45, 2.75) is 32.4 Å². The fourth-order valence-corrected chi connectivity index (χ4v) is 1.29. The molecule has 0 bridgehead atoms. The zero-order chi connectivity index (χ0) is 6.69. The van der Waals surface area contributed by atoms with E-state index in [1.807, 2.05) is 11.8 Å². The predicted molar refractivity (Wildman–Crippen MR) is 35.6 cm³/mol. The first kappa shape index (κ1) is 7.03. The fraction of sp³-hybridized carbons (Fsp3) is 1.00. The zero-order valence-electron chi connectivity index (χ0n) is 5.97. The molecule has 1 heterocycles. The third-order valence-electron chi connectivity index (χ3n) is 1.90. The van der Waals surface area contributed by atoms with E-state index < -0.39 is 6.23 Å². The second kappa shape index (κ2) is 3.18. The van der Waals surface area contributed by atoms with Gasteiger partial charge in [0.2, 0.25) is 0 Å². The Labute approximate surface area is 56.5 Å². The van der Waals surface area contributed by atoms with Gasteiger partial charge in [0.1, 0.15) is 6.23 Å². The van der Waals surface area contributed by atoms with E-state index in [2.05, 4.69) is 0 Å². The van der Waals surface area contributed by atoms with Gasteiger partial charge < -0.3 is 0 Å². The lowest BCUT2D eigenvalue weighted by Crippen LogP contribution is -2.30. The maximum atomic E-state index is 11.0. The van der Waals surface area contributed by atoms with Crippen LogP contribution in [0.4, 0.5) is 0 Å². The molecule has 0 aromatic heterocycles. The molecule has 1 unspecified atom stereocenters. The summed E-state index contributed by atoms with van der Waals surface area (Å²) in [5, 5.41) is 11.0. The molecule has 1 atom stereocenters. The van der Waals surface area contributed by atoms with Gasteiger partial charge in [0.05, 0.1) is 0 Å². The Kier molecular flexibility index (Phi) is 2.49. The summed E-state index contributed by atoms with van der Waals surface area (Å²) in [5.41, 5.74) is 0. The van der Waals surface area contributed by atoms with Crippen molar-refractivity contribution in [2.24, 2.45) is 0 Å². The van der Waals surface area contributed by atoms with Gasteiger partial charge in [-0.15, -0.1) is 0 Å². The lowest BCUT2D eigenvalue weighted by Gasteiger charge is -2.17. The number of hydrogen-bond donors (Lipinski definition) is 0. The van der Waals surface area contributed by atoms with Gasteiger partial charge in [-0.25, -0.2) is 5.11 Å². The van der Waals surface area contributed by atoms with Gasteiger partial charge in [-0.1, -0.05) is 6.92 Å². The SMILES string of the molecule is CCC([O])N1CCCC1. The number of rotatable bonds is 2. The monoisotopic (exact) mass is 128 g/mol. The standard InChI is InChI=1S/C7H14NO/c1-2-7(9)8-5-3-4-6-8/h7H,2-6H2,1H3. The summed E-state index contributed by atoms with van der Waals surface area (Å²) in [5.74, 6) is 0. The van der Waals surface area contributed by atoms with E-state index in [1.54, 1.807) is 0 Å². The van der Waals surface area contributed by atoms with Gasteiger partial charge in [-0.05, 0) is 19.3 Å². The Balaban J connectivity index is 2.24. The van der Waals surface area contributed by atoms with Gasteiger partial charge in [0.25, 0.3) is 0 Å². The fourth-order valence-electron chi connectivity index (χ4n) is 1.29. The van der Waals surface area contributed by atoms with Crippen LogP contribution in [-0.4, -0.2) is 24.2 Å². The molecule has 1 rings (SSSR count). The summed E-state index contributed by atoms with van der Waals surface area (Å²) in [6.07, 6.45) is 2.77. The van der Waals surface area contributed by atoms with Gasteiger partial charge in [0, 0.05) is 13.1 Å². The molecule has 0 N–H and O–H groups in total. The summed E-state index contributed by atoms with van der Waals surface area (Å²) < 4.78 is 0. The third-order valence-corrected chi connectivity index (χ3v) is 1.90. The smallest absolute Gasteiger partial charge is 0.146 e. The maximum Gasteiger partial charge on any atom is 0.146 e. The molecule has 0 aliphatic carbocycles. The Morgan fingerprint density at radius 3 is 2.44 bits per heavy atom.